The van der Waals surface area contributed by atoms with E-state index in [1.54, 1.807) is 7.11 Å². The Morgan fingerprint density at radius 1 is 1.71 bits per heavy atom. The molecule has 0 bridgehead atoms. The first-order valence-electron chi connectivity index (χ1n) is 4.29. The van der Waals surface area contributed by atoms with E-state index >= 15 is 0 Å². The quantitative estimate of drug-likeness (QED) is 0.543. The first-order valence-corrected chi connectivity index (χ1v) is 4.29. The van der Waals surface area contributed by atoms with Gasteiger partial charge in [-0.15, -0.1) is 0 Å². The highest BCUT2D eigenvalue weighted by molar-refractivity contribution is 5.24. The monoisotopic (exact) mass is 198 g/mol. The van der Waals surface area contributed by atoms with Crippen LogP contribution in [0.15, 0.2) is 10.9 Å². The minimum atomic E-state index is -0.208. The van der Waals surface area contributed by atoms with Crippen molar-refractivity contribution in [2.75, 3.05) is 25.6 Å². The molecule has 14 heavy (non-hydrogen) atoms. The standard InChI is InChI=1S/C8H14N4O2/c1-14-3-2-10-8-11-6(5-9)4-7(13)12-8/h4H,2-3,5,9H2,1H3,(H2,10,11,12,13). The van der Waals surface area contributed by atoms with Crippen LogP contribution in [0.3, 0.4) is 0 Å². The van der Waals surface area contributed by atoms with Gasteiger partial charge in [-0.05, 0) is 0 Å². The zero-order valence-corrected chi connectivity index (χ0v) is 8.04. The molecule has 0 amide bonds. The SMILES string of the molecule is COCCNc1nc(CN)cc(=O)[nH]1. The number of aromatic amines is 1. The predicted molar refractivity (Wildman–Crippen MR) is 53.1 cm³/mol. The summed E-state index contributed by atoms with van der Waals surface area (Å²) in [7, 11) is 1.61. The summed E-state index contributed by atoms with van der Waals surface area (Å²) in [6.07, 6.45) is 0. The van der Waals surface area contributed by atoms with Gasteiger partial charge in [0, 0.05) is 26.3 Å². The number of H-pyrrole nitrogens is 1. The molecular weight excluding hydrogens is 184 g/mol. The molecule has 0 atom stereocenters. The fourth-order valence-corrected chi connectivity index (χ4v) is 0.968. The van der Waals surface area contributed by atoms with Crippen molar-refractivity contribution in [3.8, 4) is 0 Å². The maximum absolute atomic E-state index is 11.1. The van der Waals surface area contributed by atoms with E-state index in [4.69, 9.17) is 10.5 Å². The smallest absolute Gasteiger partial charge is 0.252 e. The highest BCUT2D eigenvalue weighted by atomic mass is 16.5. The zero-order chi connectivity index (χ0) is 10.4. The van der Waals surface area contributed by atoms with Gasteiger partial charge in [-0.2, -0.15) is 0 Å². The molecule has 1 aromatic heterocycles. The maximum Gasteiger partial charge on any atom is 0.252 e. The third kappa shape index (κ3) is 3.15. The Bertz CT molecular complexity index is 336. The van der Waals surface area contributed by atoms with Crippen molar-refractivity contribution >= 4 is 5.95 Å². The Morgan fingerprint density at radius 3 is 3.14 bits per heavy atom. The van der Waals surface area contributed by atoms with Crippen molar-refractivity contribution in [2.24, 2.45) is 5.73 Å². The Labute approximate surface area is 81.5 Å². The van der Waals surface area contributed by atoms with Crippen molar-refractivity contribution in [3.05, 3.63) is 22.1 Å². The molecule has 0 aromatic carbocycles. The molecule has 0 saturated carbocycles. The second kappa shape index (κ2) is 5.36. The molecule has 78 valence electrons. The summed E-state index contributed by atoms with van der Waals surface area (Å²) in [5.41, 5.74) is 5.73. The van der Waals surface area contributed by atoms with Gasteiger partial charge in [-0.25, -0.2) is 4.98 Å². The summed E-state index contributed by atoms with van der Waals surface area (Å²) in [4.78, 5) is 17.7. The third-order valence-electron chi connectivity index (χ3n) is 1.60. The van der Waals surface area contributed by atoms with E-state index in [-0.39, 0.29) is 12.1 Å². The zero-order valence-electron chi connectivity index (χ0n) is 8.04. The number of methoxy groups -OCH3 is 1. The molecule has 6 heteroatoms. The lowest BCUT2D eigenvalue weighted by Gasteiger charge is -2.04. The van der Waals surface area contributed by atoms with Crippen LogP contribution in [0.1, 0.15) is 5.69 Å². The van der Waals surface area contributed by atoms with Crippen LogP contribution in [0.25, 0.3) is 0 Å². The van der Waals surface area contributed by atoms with Crippen LogP contribution >= 0.6 is 0 Å². The molecule has 0 radical (unpaired) electrons. The molecule has 0 spiro atoms. The summed E-state index contributed by atoms with van der Waals surface area (Å²) in [6.45, 7) is 1.40. The Morgan fingerprint density at radius 2 is 2.50 bits per heavy atom. The third-order valence-corrected chi connectivity index (χ3v) is 1.60. The second-order valence-electron chi connectivity index (χ2n) is 2.71. The van der Waals surface area contributed by atoms with Gasteiger partial charge in [0.15, 0.2) is 0 Å². The second-order valence-corrected chi connectivity index (χ2v) is 2.71. The van der Waals surface area contributed by atoms with Gasteiger partial charge in [-0.3, -0.25) is 9.78 Å². The summed E-state index contributed by atoms with van der Waals surface area (Å²) in [5.74, 6) is 0.426. The van der Waals surface area contributed by atoms with Crippen LogP contribution in [0, 0.1) is 0 Å². The Kier molecular flexibility index (Phi) is 4.09. The lowest BCUT2D eigenvalue weighted by atomic mass is 10.4. The molecule has 0 aliphatic heterocycles. The molecule has 0 unspecified atom stereocenters. The van der Waals surface area contributed by atoms with E-state index in [1.807, 2.05) is 0 Å². The van der Waals surface area contributed by atoms with Gasteiger partial charge in [0.25, 0.3) is 5.56 Å². The summed E-state index contributed by atoms with van der Waals surface area (Å²) >= 11 is 0. The van der Waals surface area contributed by atoms with E-state index < -0.39 is 0 Å². The minimum absolute atomic E-state index is 0.208. The lowest BCUT2D eigenvalue weighted by Crippen LogP contribution is -2.17. The van der Waals surface area contributed by atoms with Gasteiger partial charge in [0.05, 0.1) is 12.3 Å². The largest absolute Gasteiger partial charge is 0.383 e. The molecule has 0 fully saturated rings. The molecule has 0 aliphatic carbocycles. The van der Waals surface area contributed by atoms with Crippen LogP contribution in [0.5, 0.6) is 0 Å². The predicted octanol–water partition coefficient (Wildman–Crippen LogP) is -0.713. The molecule has 0 aliphatic rings. The molecule has 6 nitrogen and oxygen atoms in total. The normalized spacial score (nSPS) is 10.1. The number of nitrogens with one attached hydrogen (secondary N) is 2. The lowest BCUT2D eigenvalue weighted by molar-refractivity contribution is 0.210. The van der Waals surface area contributed by atoms with Crippen LogP contribution in [-0.4, -0.2) is 30.2 Å². The van der Waals surface area contributed by atoms with Crippen LogP contribution in [-0.2, 0) is 11.3 Å². The van der Waals surface area contributed by atoms with Crippen molar-refractivity contribution in [1.82, 2.24) is 9.97 Å². The van der Waals surface area contributed by atoms with Crippen molar-refractivity contribution < 1.29 is 4.74 Å². The number of aromatic nitrogens is 2. The number of hydrogen-bond donors (Lipinski definition) is 3. The molecule has 0 saturated heterocycles. The molecule has 1 aromatic rings. The summed E-state index contributed by atoms with van der Waals surface area (Å²) in [6, 6.07) is 1.38. The maximum atomic E-state index is 11.1. The van der Waals surface area contributed by atoms with Gasteiger partial charge < -0.3 is 15.8 Å². The van der Waals surface area contributed by atoms with Gasteiger partial charge in [-0.1, -0.05) is 0 Å². The number of anilines is 1. The number of nitrogens with zero attached hydrogens (tertiary/aromatic N) is 1. The fourth-order valence-electron chi connectivity index (χ4n) is 0.968. The topological polar surface area (TPSA) is 93.0 Å². The Hall–Kier alpha value is -1.40. The van der Waals surface area contributed by atoms with E-state index in [0.29, 0.717) is 24.8 Å². The highest BCUT2D eigenvalue weighted by Gasteiger charge is 1.98. The van der Waals surface area contributed by atoms with E-state index in [9.17, 15) is 4.79 Å². The van der Waals surface area contributed by atoms with Gasteiger partial charge in [0.2, 0.25) is 5.95 Å². The van der Waals surface area contributed by atoms with Crippen molar-refractivity contribution in [1.29, 1.82) is 0 Å². The van der Waals surface area contributed by atoms with E-state index in [1.165, 1.54) is 6.07 Å². The molecule has 4 N–H and O–H groups in total. The van der Waals surface area contributed by atoms with Crippen LogP contribution < -0.4 is 16.6 Å². The first kappa shape index (κ1) is 10.7. The number of hydrogen-bond acceptors (Lipinski definition) is 5. The highest BCUT2D eigenvalue weighted by Crippen LogP contribution is 1.95. The van der Waals surface area contributed by atoms with Crippen LogP contribution in [0.4, 0.5) is 5.95 Å². The molecule has 1 rings (SSSR count). The van der Waals surface area contributed by atoms with Gasteiger partial charge >= 0.3 is 0 Å². The number of ether oxygens (including phenoxy) is 1. The van der Waals surface area contributed by atoms with E-state index in [2.05, 4.69) is 15.3 Å². The fraction of sp³-hybridized carbons (Fsp3) is 0.500. The number of nitrogens with two attached hydrogens (primary N) is 1. The van der Waals surface area contributed by atoms with Crippen molar-refractivity contribution in [2.45, 2.75) is 6.54 Å². The average molecular weight is 198 g/mol. The van der Waals surface area contributed by atoms with Gasteiger partial charge in [0.1, 0.15) is 0 Å². The van der Waals surface area contributed by atoms with Crippen LogP contribution in [0.2, 0.25) is 0 Å². The minimum Gasteiger partial charge on any atom is -0.383 e. The molecular formula is C8H14N4O2. The number of rotatable bonds is 5. The summed E-state index contributed by atoms with van der Waals surface area (Å²) < 4.78 is 4.84. The average Bonchev–Trinajstić information content (AvgIpc) is 2.17. The van der Waals surface area contributed by atoms with Crippen molar-refractivity contribution in [3.63, 3.8) is 0 Å². The molecule has 1 heterocycles. The Balaban J connectivity index is 2.67. The van der Waals surface area contributed by atoms with E-state index in [0.717, 1.165) is 0 Å². The summed E-state index contributed by atoms with van der Waals surface area (Å²) in [5, 5.41) is 2.91. The first-order chi connectivity index (χ1) is 6.76.